The molecular weight excluding hydrogens is 227 g/mol. The molecule has 0 atom stereocenters. The molecule has 1 saturated carbocycles. The van der Waals surface area contributed by atoms with Crippen LogP contribution in [-0.2, 0) is 6.54 Å². The Balaban J connectivity index is 2.13. The third-order valence-electron chi connectivity index (χ3n) is 3.80. The van der Waals surface area contributed by atoms with E-state index in [0.717, 1.165) is 24.3 Å². The molecule has 0 aromatic heterocycles. The van der Waals surface area contributed by atoms with Crippen molar-refractivity contribution in [1.29, 1.82) is 0 Å². The van der Waals surface area contributed by atoms with Gasteiger partial charge < -0.3 is 10.2 Å². The fraction of sp³-hybridized carbons (Fsp3) is 0.600. The molecule has 0 amide bonds. The smallest absolute Gasteiger partial charge is 0.125 e. The first-order chi connectivity index (χ1) is 8.70. The van der Waals surface area contributed by atoms with Crippen LogP contribution in [0.5, 0.6) is 0 Å². The number of hydrogen-bond acceptors (Lipinski definition) is 2. The molecule has 0 bridgehead atoms. The van der Waals surface area contributed by atoms with Crippen LogP contribution in [0.15, 0.2) is 18.2 Å². The predicted molar refractivity (Wildman–Crippen MR) is 74.4 cm³/mol. The average Bonchev–Trinajstić information content (AvgIpc) is 2.88. The van der Waals surface area contributed by atoms with Gasteiger partial charge in [0.15, 0.2) is 0 Å². The normalized spacial score (nSPS) is 16.2. The summed E-state index contributed by atoms with van der Waals surface area (Å²) in [5.41, 5.74) is 2.03. The van der Waals surface area contributed by atoms with Crippen LogP contribution < -0.4 is 10.2 Å². The Hall–Kier alpha value is -1.09. The summed E-state index contributed by atoms with van der Waals surface area (Å²) in [4.78, 5) is 2.24. The van der Waals surface area contributed by atoms with Crippen molar-refractivity contribution in [2.75, 3.05) is 18.5 Å². The fourth-order valence-corrected chi connectivity index (χ4v) is 2.71. The Morgan fingerprint density at radius 2 is 2.00 bits per heavy atom. The summed E-state index contributed by atoms with van der Waals surface area (Å²) >= 11 is 0. The number of nitrogens with zero attached hydrogens (tertiary/aromatic N) is 1. The van der Waals surface area contributed by atoms with Crippen molar-refractivity contribution in [2.24, 2.45) is 0 Å². The number of halogens is 1. The quantitative estimate of drug-likeness (QED) is 0.862. The molecule has 100 valence electrons. The van der Waals surface area contributed by atoms with Crippen LogP contribution in [0.25, 0.3) is 0 Å². The van der Waals surface area contributed by atoms with E-state index >= 15 is 0 Å². The summed E-state index contributed by atoms with van der Waals surface area (Å²) in [5.74, 6) is -0.134. The highest BCUT2D eigenvalue weighted by Gasteiger charge is 2.20. The van der Waals surface area contributed by atoms with E-state index < -0.39 is 0 Å². The number of rotatable bonds is 5. The lowest BCUT2D eigenvalue weighted by atomic mass is 10.1. The molecule has 1 fully saturated rings. The number of anilines is 1. The molecule has 1 aliphatic carbocycles. The van der Waals surface area contributed by atoms with Crippen molar-refractivity contribution in [1.82, 2.24) is 5.32 Å². The van der Waals surface area contributed by atoms with E-state index in [-0.39, 0.29) is 5.82 Å². The average molecular weight is 250 g/mol. The van der Waals surface area contributed by atoms with Crippen molar-refractivity contribution < 1.29 is 4.39 Å². The summed E-state index contributed by atoms with van der Waals surface area (Å²) in [7, 11) is 2.09. The van der Waals surface area contributed by atoms with Crippen LogP contribution in [0.3, 0.4) is 0 Å². The minimum atomic E-state index is -0.134. The predicted octanol–water partition coefficient (Wildman–Crippen LogP) is 3.31. The minimum Gasteiger partial charge on any atom is -0.372 e. The van der Waals surface area contributed by atoms with Gasteiger partial charge in [-0.2, -0.15) is 0 Å². The van der Waals surface area contributed by atoms with Gasteiger partial charge in [-0.25, -0.2) is 4.39 Å². The molecule has 2 nitrogen and oxygen atoms in total. The van der Waals surface area contributed by atoms with E-state index in [1.165, 1.54) is 25.7 Å². The van der Waals surface area contributed by atoms with Crippen molar-refractivity contribution >= 4 is 5.69 Å². The van der Waals surface area contributed by atoms with E-state index in [2.05, 4.69) is 30.3 Å². The van der Waals surface area contributed by atoms with Crippen LogP contribution in [-0.4, -0.2) is 19.6 Å². The highest BCUT2D eigenvalue weighted by atomic mass is 19.1. The number of hydrogen-bond donors (Lipinski definition) is 1. The standard InChI is InChI=1S/C15H23FN2/c1-3-17-11-12-8-13(16)10-15(9-12)18(2)14-6-4-5-7-14/h8-10,14,17H,3-7,11H2,1-2H3. The molecular formula is C15H23FN2. The molecule has 0 spiro atoms. The van der Waals surface area contributed by atoms with E-state index in [4.69, 9.17) is 0 Å². The third kappa shape index (κ3) is 3.22. The molecule has 1 aromatic carbocycles. The van der Waals surface area contributed by atoms with Crippen LogP contribution in [0.4, 0.5) is 10.1 Å². The van der Waals surface area contributed by atoms with E-state index in [1.54, 1.807) is 12.1 Å². The van der Waals surface area contributed by atoms with Gasteiger partial charge in [-0.05, 0) is 43.1 Å². The first-order valence-corrected chi connectivity index (χ1v) is 6.93. The number of nitrogens with one attached hydrogen (secondary N) is 1. The minimum absolute atomic E-state index is 0.134. The van der Waals surface area contributed by atoms with Crippen molar-refractivity contribution in [3.8, 4) is 0 Å². The lowest BCUT2D eigenvalue weighted by molar-refractivity contribution is 0.614. The van der Waals surface area contributed by atoms with Crippen molar-refractivity contribution in [3.05, 3.63) is 29.6 Å². The summed E-state index contributed by atoms with van der Waals surface area (Å²) < 4.78 is 13.6. The highest BCUT2D eigenvalue weighted by Crippen LogP contribution is 2.28. The maximum absolute atomic E-state index is 13.6. The molecule has 1 N–H and O–H groups in total. The van der Waals surface area contributed by atoms with Gasteiger partial charge in [-0.15, -0.1) is 0 Å². The molecule has 1 aromatic rings. The summed E-state index contributed by atoms with van der Waals surface area (Å²) in [5, 5.41) is 3.24. The van der Waals surface area contributed by atoms with Crippen LogP contribution in [0, 0.1) is 5.82 Å². The topological polar surface area (TPSA) is 15.3 Å². The second-order valence-electron chi connectivity index (χ2n) is 5.15. The van der Waals surface area contributed by atoms with Gasteiger partial charge in [0.2, 0.25) is 0 Å². The molecule has 1 aliphatic rings. The van der Waals surface area contributed by atoms with E-state index in [1.807, 2.05) is 0 Å². The third-order valence-corrected chi connectivity index (χ3v) is 3.80. The fourth-order valence-electron chi connectivity index (χ4n) is 2.71. The molecule has 3 heteroatoms. The summed E-state index contributed by atoms with van der Waals surface area (Å²) in [6, 6.07) is 5.95. The first kappa shape index (κ1) is 13.3. The molecule has 0 unspecified atom stereocenters. The molecule has 0 saturated heterocycles. The largest absolute Gasteiger partial charge is 0.372 e. The molecule has 2 rings (SSSR count). The SMILES string of the molecule is CCNCc1cc(F)cc(N(C)C2CCCC2)c1. The Kier molecular flexibility index (Phi) is 4.59. The summed E-state index contributed by atoms with van der Waals surface area (Å²) in [6.07, 6.45) is 5.06. The van der Waals surface area contributed by atoms with E-state index in [0.29, 0.717) is 6.04 Å². The lowest BCUT2D eigenvalue weighted by Gasteiger charge is -2.27. The monoisotopic (exact) mass is 250 g/mol. The molecule has 0 heterocycles. The maximum atomic E-state index is 13.6. The maximum Gasteiger partial charge on any atom is 0.125 e. The van der Waals surface area contributed by atoms with Gasteiger partial charge in [0, 0.05) is 25.3 Å². The lowest BCUT2D eigenvalue weighted by Crippen LogP contribution is -2.29. The summed E-state index contributed by atoms with van der Waals surface area (Å²) in [6.45, 7) is 3.70. The van der Waals surface area contributed by atoms with Crippen LogP contribution >= 0.6 is 0 Å². The zero-order valence-corrected chi connectivity index (χ0v) is 11.4. The van der Waals surface area contributed by atoms with Gasteiger partial charge in [0.05, 0.1) is 0 Å². The molecule has 0 aliphatic heterocycles. The second kappa shape index (κ2) is 6.19. The van der Waals surface area contributed by atoms with Crippen LogP contribution in [0.1, 0.15) is 38.2 Å². The Morgan fingerprint density at radius 1 is 1.28 bits per heavy atom. The zero-order chi connectivity index (χ0) is 13.0. The molecule has 18 heavy (non-hydrogen) atoms. The van der Waals surface area contributed by atoms with E-state index in [9.17, 15) is 4.39 Å². The Morgan fingerprint density at radius 3 is 2.67 bits per heavy atom. The molecule has 0 radical (unpaired) electrons. The van der Waals surface area contributed by atoms with Gasteiger partial charge >= 0.3 is 0 Å². The van der Waals surface area contributed by atoms with Crippen molar-refractivity contribution in [2.45, 2.75) is 45.2 Å². The van der Waals surface area contributed by atoms with Gasteiger partial charge in [0.25, 0.3) is 0 Å². The van der Waals surface area contributed by atoms with Gasteiger partial charge in [-0.3, -0.25) is 0 Å². The Labute approximate surface area is 109 Å². The highest BCUT2D eigenvalue weighted by molar-refractivity contribution is 5.49. The Bertz CT molecular complexity index is 386. The van der Waals surface area contributed by atoms with Gasteiger partial charge in [0.1, 0.15) is 5.82 Å². The number of benzene rings is 1. The first-order valence-electron chi connectivity index (χ1n) is 6.93. The zero-order valence-electron chi connectivity index (χ0n) is 11.4. The van der Waals surface area contributed by atoms with Crippen LogP contribution in [0.2, 0.25) is 0 Å². The second-order valence-corrected chi connectivity index (χ2v) is 5.15. The van der Waals surface area contributed by atoms with Gasteiger partial charge in [-0.1, -0.05) is 19.8 Å². The van der Waals surface area contributed by atoms with Crippen molar-refractivity contribution in [3.63, 3.8) is 0 Å².